The molecule has 1 atom stereocenters. The Bertz CT molecular complexity index is 1100. The zero-order valence-electron chi connectivity index (χ0n) is 17.7. The van der Waals surface area contributed by atoms with E-state index in [0.717, 1.165) is 47.8 Å². The van der Waals surface area contributed by atoms with E-state index in [-0.39, 0.29) is 18.3 Å². The van der Waals surface area contributed by atoms with Crippen molar-refractivity contribution in [2.75, 3.05) is 32.8 Å². The second-order valence-corrected chi connectivity index (χ2v) is 8.48. The summed E-state index contributed by atoms with van der Waals surface area (Å²) in [5.74, 6) is 0.706. The molecule has 0 radical (unpaired) electrons. The standard InChI is InChI=1S/C24H26N4O4/c29-19(14-28-11-8-24(9-12-28)16-25-23(30)32-24)15-31-21-6-5-17-3-1-2-4-20(17)22(21)18-7-10-26-27-13-18/h1-7,10,13,19,29H,8-9,11-12,14-16H2,(H,25,30). The van der Waals surface area contributed by atoms with Crippen LogP contribution in [0, 0.1) is 0 Å². The van der Waals surface area contributed by atoms with Crippen LogP contribution >= 0.6 is 0 Å². The Balaban J connectivity index is 1.25. The fourth-order valence-corrected chi connectivity index (χ4v) is 4.57. The predicted molar refractivity (Wildman–Crippen MR) is 119 cm³/mol. The molecule has 5 rings (SSSR count). The van der Waals surface area contributed by atoms with Crippen molar-refractivity contribution < 1.29 is 19.4 Å². The Labute approximate surface area is 186 Å². The van der Waals surface area contributed by atoms with Crippen LogP contribution in [0.5, 0.6) is 5.75 Å². The van der Waals surface area contributed by atoms with Crippen LogP contribution in [0.25, 0.3) is 21.9 Å². The molecule has 0 aliphatic carbocycles. The fraction of sp³-hybridized carbons (Fsp3) is 0.375. The number of nitrogens with one attached hydrogen (secondary N) is 1. The number of benzene rings is 2. The normalized spacial score (nSPS) is 19.0. The quantitative estimate of drug-likeness (QED) is 0.616. The highest BCUT2D eigenvalue weighted by molar-refractivity contribution is 5.99. The Hall–Kier alpha value is -3.23. The number of hydrogen-bond acceptors (Lipinski definition) is 7. The summed E-state index contributed by atoms with van der Waals surface area (Å²) >= 11 is 0. The van der Waals surface area contributed by atoms with Crippen LogP contribution in [0.4, 0.5) is 4.79 Å². The van der Waals surface area contributed by atoms with Gasteiger partial charge in [0.1, 0.15) is 24.1 Å². The summed E-state index contributed by atoms with van der Waals surface area (Å²) in [6, 6.07) is 14.0. The fourth-order valence-electron chi connectivity index (χ4n) is 4.57. The number of piperidine rings is 1. The second-order valence-electron chi connectivity index (χ2n) is 8.48. The first-order chi connectivity index (χ1) is 15.6. The van der Waals surface area contributed by atoms with Crippen molar-refractivity contribution in [1.82, 2.24) is 20.4 Å². The minimum Gasteiger partial charge on any atom is -0.490 e. The first-order valence-corrected chi connectivity index (χ1v) is 10.9. The van der Waals surface area contributed by atoms with Gasteiger partial charge in [-0.15, -0.1) is 0 Å². The third kappa shape index (κ3) is 4.24. The average molecular weight is 434 g/mol. The number of aromatic nitrogens is 2. The summed E-state index contributed by atoms with van der Waals surface area (Å²) in [7, 11) is 0. The molecule has 166 valence electrons. The van der Waals surface area contributed by atoms with E-state index in [2.05, 4.69) is 32.5 Å². The van der Waals surface area contributed by atoms with Gasteiger partial charge in [-0.2, -0.15) is 10.2 Å². The van der Waals surface area contributed by atoms with Gasteiger partial charge in [-0.25, -0.2) is 4.79 Å². The lowest BCUT2D eigenvalue weighted by atomic mass is 9.91. The summed E-state index contributed by atoms with van der Waals surface area (Å²) < 4.78 is 11.6. The Kier molecular flexibility index (Phi) is 5.63. The number of aliphatic hydroxyl groups is 1. The molecule has 2 aliphatic rings. The number of fused-ring (bicyclic) bond motifs is 1. The van der Waals surface area contributed by atoms with E-state index in [9.17, 15) is 9.90 Å². The number of nitrogens with zero attached hydrogens (tertiary/aromatic N) is 3. The number of aliphatic hydroxyl groups excluding tert-OH is 1. The second kappa shape index (κ2) is 8.72. The molecule has 3 aromatic rings. The molecule has 2 saturated heterocycles. The van der Waals surface area contributed by atoms with Crippen LogP contribution < -0.4 is 10.1 Å². The maximum absolute atomic E-state index is 11.4. The minimum absolute atomic E-state index is 0.183. The van der Waals surface area contributed by atoms with Crippen LogP contribution in [0.3, 0.4) is 0 Å². The molecule has 1 spiro atoms. The summed E-state index contributed by atoms with van der Waals surface area (Å²) in [6.45, 7) is 2.81. The highest BCUT2D eigenvalue weighted by atomic mass is 16.6. The molecule has 8 heteroatoms. The maximum Gasteiger partial charge on any atom is 0.407 e. The van der Waals surface area contributed by atoms with Crippen molar-refractivity contribution in [3.63, 3.8) is 0 Å². The summed E-state index contributed by atoms with van der Waals surface area (Å²) in [5.41, 5.74) is 1.48. The van der Waals surface area contributed by atoms with Crippen molar-refractivity contribution in [2.24, 2.45) is 0 Å². The molecular formula is C24H26N4O4. The number of hydrogen-bond donors (Lipinski definition) is 2. The smallest absolute Gasteiger partial charge is 0.407 e. The van der Waals surface area contributed by atoms with Crippen LogP contribution in [0.15, 0.2) is 54.9 Å². The van der Waals surface area contributed by atoms with Crippen LogP contribution in [-0.2, 0) is 4.74 Å². The molecule has 2 fully saturated rings. The predicted octanol–water partition coefficient (Wildman–Crippen LogP) is 2.61. The average Bonchev–Trinajstić information content (AvgIpc) is 3.19. The molecule has 1 aromatic heterocycles. The third-order valence-electron chi connectivity index (χ3n) is 6.30. The highest BCUT2D eigenvalue weighted by Crippen LogP contribution is 2.37. The zero-order valence-corrected chi connectivity index (χ0v) is 17.7. The first kappa shape index (κ1) is 20.7. The van der Waals surface area contributed by atoms with Gasteiger partial charge in [0.25, 0.3) is 0 Å². The first-order valence-electron chi connectivity index (χ1n) is 10.9. The number of rotatable bonds is 6. The Morgan fingerprint density at radius 2 is 2.00 bits per heavy atom. The van der Waals surface area contributed by atoms with Gasteiger partial charge in [-0.05, 0) is 22.9 Å². The number of carbonyl (C=O) groups excluding carboxylic acids is 1. The molecule has 8 nitrogen and oxygen atoms in total. The Morgan fingerprint density at radius 3 is 2.75 bits per heavy atom. The molecule has 32 heavy (non-hydrogen) atoms. The van der Waals surface area contributed by atoms with Crippen molar-refractivity contribution in [3.8, 4) is 16.9 Å². The molecule has 0 bridgehead atoms. The number of alkyl carbamates (subject to hydrolysis) is 1. The lowest BCUT2D eigenvalue weighted by molar-refractivity contribution is -0.0141. The largest absolute Gasteiger partial charge is 0.490 e. The summed E-state index contributed by atoms with van der Waals surface area (Å²) in [4.78, 5) is 13.6. The van der Waals surface area contributed by atoms with Gasteiger partial charge in [0.2, 0.25) is 0 Å². The van der Waals surface area contributed by atoms with E-state index in [1.165, 1.54) is 0 Å². The number of likely N-dealkylation sites (tertiary alicyclic amines) is 1. The molecule has 2 aliphatic heterocycles. The van der Waals surface area contributed by atoms with E-state index < -0.39 is 6.10 Å². The monoisotopic (exact) mass is 434 g/mol. The van der Waals surface area contributed by atoms with Crippen LogP contribution in [0.1, 0.15) is 12.8 Å². The number of amides is 1. The molecule has 0 saturated carbocycles. The van der Waals surface area contributed by atoms with Gasteiger partial charge >= 0.3 is 6.09 Å². The lowest BCUT2D eigenvalue weighted by Gasteiger charge is -2.37. The van der Waals surface area contributed by atoms with E-state index in [1.807, 2.05) is 30.3 Å². The van der Waals surface area contributed by atoms with E-state index >= 15 is 0 Å². The van der Waals surface area contributed by atoms with Gasteiger partial charge < -0.3 is 24.8 Å². The molecule has 3 heterocycles. The maximum atomic E-state index is 11.4. The van der Waals surface area contributed by atoms with Crippen molar-refractivity contribution in [2.45, 2.75) is 24.5 Å². The van der Waals surface area contributed by atoms with Gasteiger partial charge in [0.05, 0.1) is 18.9 Å². The number of ether oxygens (including phenoxy) is 2. The van der Waals surface area contributed by atoms with Crippen molar-refractivity contribution in [1.29, 1.82) is 0 Å². The topological polar surface area (TPSA) is 96.8 Å². The zero-order chi connectivity index (χ0) is 22.0. The molecule has 2 N–H and O–H groups in total. The molecule has 2 aromatic carbocycles. The van der Waals surface area contributed by atoms with E-state index in [1.54, 1.807) is 12.4 Å². The van der Waals surface area contributed by atoms with Crippen molar-refractivity contribution >= 4 is 16.9 Å². The SMILES string of the molecule is O=C1NCC2(CCN(CC(O)COc3ccc4ccccc4c3-c3ccnnc3)CC2)O1. The number of carbonyl (C=O) groups is 1. The molecule has 1 unspecified atom stereocenters. The van der Waals surface area contributed by atoms with Gasteiger partial charge in [-0.3, -0.25) is 0 Å². The van der Waals surface area contributed by atoms with E-state index in [0.29, 0.717) is 18.8 Å². The minimum atomic E-state index is -0.636. The third-order valence-corrected chi connectivity index (χ3v) is 6.30. The summed E-state index contributed by atoms with van der Waals surface area (Å²) in [6.07, 6.45) is 3.95. The van der Waals surface area contributed by atoms with Crippen molar-refractivity contribution in [3.05, 3.63) is 54.9 Å². The number of β-amino-alcohol motifs (C(OH)–C–C–N with tert-alkyl or cyclic N) is 1. The van der Waals surface area contributed by atoms with Crippen LogP contribution in [-0.4, -0.2) is 70.8 Å². The molecular weight excluding hydrogens is 408 g/mol. The summed E-state index contributed by atoms with van der Waals surface area (Å²) in [5, 5.41) is 23.5. The highest BCUT2D eigenvalue weighted by Gasteiger charge is 2.42. The van der Waals surface area contributed by atoms with Gasteiger partial charge in [0.15, 0.2) is 0 Å². The van der Waals surface area contributed by atoms with Gasteiger partial charge in [-0.1, -0.05) is 30.3 Å². The van der Waals surface area contributed by atoms with Crippen LogP contribution in [0.2, 0.25) is 0 Å². The lowest BCUT2D eigenvalue weighted by Crippen LogP contribution is -2.49. The van der Waals surface area contributed by atoms with Gasteiger partial charge in [0, 0.05) is 43.6 Å². The molecule has 1 amide bonds. The van der Waals surface area contributed by atoms with E-state index in [4.69, 9.17) is 9.47 Å². The Morgan fingerprint density at radius 1 is 1.16 bits per heavy atom.